The number of hydrogen-bond acceptors (Lipinski definition) is 3. The zero-order chi connectivity index (χ0) is 17.7. The first kappa shape index (κ1) is 18.3. The van der Waals surface area contributed by atoms with Crippen molar-refractivity contribution in [2.75, 3.05) is 13.1 Å². The van der Waals surface area contributed by atoms with Crippen LogP contribution in [-0.2, 0) is 11.3 Å². The summed E-state index contributed by atoms with van der Waals surface area (Å²) < 4.78 is 5.66. The highest BCUT2D eigenvalue weighted by Gasteiger charge is 2.26. The van der Waals surface area contributed by atoms with E-state index >= 15 is 0 Å². The summed E-state index contributed by atoms with van der Waals surface area (Å²) in [5.74, 6) is 0.0223. The van der Waals surface area contributed by atoms with Gasteiger partial charge in [0, 0.05) is 31.2 Å². The number of ether oxygens (including phenoxy) is 1. The van der Waals surface area contributed by atoms with Crippen molar-refractivity contribution >= 4 is 11.9 Å². The Bertz CT molecular complexity index is 561. The summed E-state index contributed by atoms with van der Waals surface area (Å²) in [6.07, 6.45) is 0.112. The third kappa shape index (κ3) is 5.23. The Hall–Kier alpha value is -2.08. The topological polar surface area (TPSA) is 70.7 Å². The molecule has 1 saturated heterocycles. The lowest BCUT2D eigenvalue weighted by molar-refractivity contribution is -0.0586. The average Bonchev–Trinajstić information content (AvgIpc) is 2.51. The molecule has 0 radical (unpaired) electrons. The van der Waals surface area contributed by atoms with Crippen LogP contribution < -0.4 is 10.6 Å². The number of amides is 3. The van der Waals surface area contributed by atoms with Gasteiger partial charge in [0.15, 0.2) is 0 Å². The standard InChI is InChI=1S/C18H27N3O3/c1-12(2)20-18(23)19-9-15-5-7-16(8-6-15)17(22)21-10-13(3)24-14(4)11-21/h5-8,12-14H,9-11H2,1-4H3,(H2,19,20,23). The molecule has 3 amide bonds. The van der Waals surface area contributed by atoms with E-state index in [2.05, 4.69) is 10.6 Å². The first-order valence-electron chi connectivity index (χ1n) is 8.43. The number of carbonyl (C=O) groups excluding carboxylic acids is 2. The summed E-state index contributed by atoms with van der Waals surface area (Å²) in [5, 5.41) is 5.56. The van der Waals surface area contributed by atoms with Crippen LogP contribution in [0.1, 0.15) is 43.6 Å². The monoisotopic (exact) mass is 333 g/mol. The fraction of sp³-hybridized carbons (Fsp3) is 0.556. The average molecular weight is 333 g/mol. The molecule has 0 spiro atoms. The Labute approximate surface area is 143 Å². The number of hydrogen-bond donors (Lipinski definition) is 2. The summed E-state index contributed by atoms with van der Waals surface area (Å²) in [5.41, 5.74) is 1.61. The minimum absolute atomic E-state index is 0.0223. The van der Waals surface area contributed by atoms with Crippen molar-refractivity contribution in [3.63, 3.8) is 0 Å². The van der Waals surface area contributed by atoms with Gasteiger partial charge in [0.05, 0.1) is 12.2 Å². The SMILES string of the molecule is CC(C)NC(=O)NCc1ccc(C(=O)N2CC(C)OC(C)C2)cc1. The van der Waals surface area contributed by atoms with Crippen LogP contribution >= 0.6 is 0 Å². The minimum atomic E-state index is -0.193. The molecule has 2 atom stereocenters. The Morgan fingerprint density at radius 3 is 2.29 bits per heavy atom. The summed E-state index contributed by atoms with van der Waals surface area (Å²) in [6, 6.07) is 7.27. The van der Waals surface area contributed by atoms with E-state index in [1.165, 1.54) is 0 Å². The summed E-state index contributed by atoms with van der Waals surface area (Å²) in [7, 11) is 0. The van der Waals surface area contributed by atoms with E-state index in [4.69, 9.17) is 4.74 Å². The molecule has 6 nitrogen and oxygen atoms in total. The minimum Gasteiger partial charge on any atom is -0.372 e. The van der Waals surface area contributed by atoms with Gasteiger partial charge in [-0.2, -0.15) is 0 Å². The Kier molecular flexibility index (Phi) is 6.20. The highest BCUT2D eigenvalue weighted by molar-refractivity contribution is 5.94. The van der Waals surface area contributed by atoms with Crippen LogP contribution in [0, 0.1) is 0 Å². The maximum atomic E-state index is 12.6. The molecule has 1 aliphatic rings. The third-order valence-corrected chi connectivity index (χ3v) is 3.78. The highest BCUT2D eigenvalue weighted by atomic mass is 16.5. The molecule has 1 heterocycles. The first-order valence-corrected chi connectivity index (χ1v) is 8.43. The molecule has 0 saturated carbocycles. The number of benzene rings is 1. The predicted molar refractivity (Wildman–Crippen MR) is 92.9 cm³/mol. The van der Waals surface area contributed by atoms with Gasteiger partial charge < -0.3 is 20.3 Å². The van der Waals surface area contributed by atoms with Gasteiger partial charge in [0.1, 0.15) is 0 Å². The van der Waals surface area contributed by atoms with Crippen molar-refractivity contribution in [1.82, 2.24) is 15.5 Å². The molecule has 0 bridgehead atoms. The first-order chi connectivity index (χ1) is 11.3. The number of nitrogens with zero attached hydrogens (tertiary/aromatic N) is 1. The van der Waals surface area contributed by atoms with E-state index in [9.17, 15) is 9.59 Å². The smallest absolute Gasteiger partial charge is 0.315 e. The number of carbonyl (C=O) groups is 2. The number of urea groups is 1. The molecular weight excluding hydrogens is 306 g/mol. The second kappa shape index (κ2) is 8.15. The van der Waals surface area contributed by atoms with E-state index in [-0.39, 0.29) is 30.2 Å². The summed E-state index contributed by atoms with van der Waals surface area (Å²) in [4.78, 5) is 26.0. The van der Waals surface area contributed by atoms with Crippen LogP contribution in [0.2, 0.25) is 0 Å². The van der Waals surface area contributed by atoms with Crippen LogP contribution in [-0.4, -0.2) is 48.2 Å². The molecule has 1 fully saturated rings. The molecule has 6 heteroatoms. The van der Waals surface area contributed by atoms with Gasteiger partial charge in [-0.3, -0.25) is 4.79 Å². The van der Waals surface area contributed by atoms with E-state index < -0.39 is 0 Å². The molecule has 1 aromatic carbocycles. The largest absolute Gasteiger partial charge is 0.372 e. The van der Waals surface area contributed by atoms with E-state index in [0.717, 1.165) is 5.56 Å². The van der Waals surface area contributed by atoms with Crippen LogP contribution in [0.25, 0.3) is 0 Å². The van der Waals surface area contributed by atoms with Crippen LogP contribution in [0.4, 0.5) is 4.79 Å². The predicted octanol–water partition coefficient (Wildman–Crippen LogP) is 2.14. The second-order valence-electron chi connectivity index (χ2n) is 6.65. The van der Waals surface area contributed by atoms with Crippen molar-refractivity contribution in [3.05, 3.63) is 35.4 Å². The van der Waals surface area contributed by atoms with Crippen LogP contribution in [0.5, 0.6) is 0 Å². The fourth-order valence-corrected chi connectivity index (χ4v) is 2.79. The van der Waals surface area contributed by atoms with Gasteiger partial charge in [-0.05, 0) is 45.4 Å². The Morgan fingerprint density at radius 2 is 1.75 bits per heavy atom. The third-order valence-electron chi connectivity index (χ3n) is 3.78. The molecule has 132 valence electrons. The van der Waals surface area contributed by atoms with Gasteiger partial charge in [0.2, 0.25) is 0 Å². The Balaban J connectivity index is 1.91. The molecule has 1 aliphatic heterocycles. The van der Waals surface area contributed by atoms with Crippen molar-refractivity contribution < 1.29 is 14.3 Å². The lowest BCUT2D eigenvalue weighted by Gasteiger charge is -2.35. The molecule has 2 rings (SSSR count). The molecule has 2 unspecified atom stereocenters. The summed E-state index contributed by atoms with van der Waals surface area (Å²) >= 11 is 0. The zero-order valence-corrected chi connectivity index (χ0v) is 14.8. The van der Waals surface area contributed by atoms with Crippen molar-refractivity contribution in [2.45, 2.75) is 52.5 Å². The quantitative estimate of drug-likeness (QED) is 0.887. The molecule has 0 aromatic heterocycles. The molecule has 24 heavy (non-hydrogen) atoms. The van der Waals surface area contributed by atoms with Crippen molar-refractivity contribution in [3.8, 4) is 0 Å². The van der Waals surface area contributed by atoms with Crippen LogP contribution in [0.15, 0.2) is 24.3 Å². The van der Waals surface area contributed by atoms with E-state index in [0.29, 0.717) is 25.2 Å². The molecular formula is C18H27N3O3. The molecule has 0 aliphatic carbocycles. The maximum Gasteiger partial charge on any atom is 0.315 e. The van der Waals surface area contributed by atoms with Gasteiger partial charge in [-0.1, -0.05) is 12.1 Å². The number of morpholine rings is 1. The number of rotatable bonds is 4. The van der Waals surface area contributed by atoms with Gasteiger partial charge in [-0.25, -0.2) is 4.79 Å². The summed E-state index contributed by atoms with van der Waals surface area (Å²) in [6.45, 7) is 9.43. The number of nitrogens with one attached hydrogen (secondary N) is 2. The van der Waals surface area contributed by atoms with E-state index in [1.807, 2.05) is 56.9 Å². The lowest BCUT2D eigenvalue weighted by Crippen LogP contribution is -2.48. The molecule has 2 N–H and O–H groups in total. The normalized spacial score (nSPS) is 20.8. The maximum absolute atomic E-state index is 12.6. The van der Waals surface area contributed by atoms with Crippen molar-refractivity contribution in [2.24, 2.45) is 0 Å². The molecule has 1 aromatic rings. The fourth-order valence-electron chi connectivity index (χ4n) is 2.79. The van der Waals surface area contributed by atoms with E-state index in [1.54, 1.807) is 0 Å². The van der Waals surface area contributed by atoms with Gasteiger partial charge in [0.25, 0.3) is 5.91 Å². The van der Waals surface area contributed by atoms with Gasteiger partial charge >= 0.3 is 6.03 Å². The second-order valence-corrected chi connectivity index (χ2v) is 6.65. The highest BCUT2D eigenvalue weighted by Crippen LogP contribution is 2.15. The Morgan fingerprint density at radius 1 is 1.17 bits per heavy atom. The van der Waals surface area contributed by atoms with Crippen LogP contribution in [0.3, 0.4) is 0 Å². The lowest BCUT2D eigenvalue weighted by atomic mass is 10.1. The zero-order valence-electron chi connectivity index (χ0n) is 14.8. The van der Waals surface area contributed by atoms with Crippen molar-refractivity contribution in [1.29, 1.82) is 0 Å². The van der Waals surface area contributed by atoms with Gasteiger partial charge in [-0.15, -0.1) is 0 Å².